The van der Waals surface area contributed by atoms with E-state index in [1.54, 1.807) is 38.1 Å². The highest BCUT2D eigenvalue weighted by atomic mass is 19.4. The van der Waals surface area contributed by atoms with Crippen LogP contribution in [0, 0.1) is 5.92 Å². The Morgan fingerprint density at radius 1 is 1.00 bits per heavy atom. The largest absolute Gasteiger partial charge is 0.471 e. The minimum Gasteiger partial charge on any atom is -0.329 e. The van der Waals surface area contributed by atoms with Gasteiger partial charge in [-0.2, -0.15) is 18.2 Å². The Morgan fingerprint density at radius 3 is 2.17 bits per heavy atom. The SMILES string of the molecule is CC(C)C(=O)Nc1ccc(NC(=O)CCCCCCc2noc(C(F)(F)F)n2)cc1. The maximum absolute atomic E-state index is 12.4. The van der Waals surface area contributed by atoms with Crippen molar-refractivity contribution in [2.24, 2.45) is 5.92 Å². The van der Waals surface area contributed by atoms with E-state index in [0.717, 1.165) is 12.8 Å². The number of alkyl halides is 3. The van der Waals surface area contributed by atoms with Gasteiger partial charge in [0.25, 0.3) is 0 Å². The van der Waals surface area contributed by atoms with E-state index in [0.29, 0.717) is 37.1 Å². The fourth-order valence-electron chi connectivity index (χ4n) is 2.54. The van der Waals surface area contributed by atoms with Gasteiger partial charge in [0.2, 0.25) is 11.8 Å². The zero-order chi connectivity index (χ0) is 22.1. The van der Waals surface area contributed by atoms with E-state index in [2.05, 4.69) is 25.3 Å². The van der Waals surface area contributed by atoms with Crippen molar-refractivity contribution in [2.75, 3.05) is 10.6 Å². The molecular weight excluding hydrogens is 401 g/mol. The van der Waals surface area contributed by atoms with Crippen molar-refractivity contribution in [3.05, 3.63) is 36.0 Å². The number of amides is 2. The molecule has 1 aromatic heterocycles. The first-order chi connectivity index (χ1) is 14.1. The van der Waals surface area contributed by atoms with Crippen LogP contribution < -0.4 is 10.6 Å². The molecule has 0 radical (unpaired) electrons. The maximum atomic E-state index is 12.4. The number of rotatable bonds is 10. The van der Waals surface area contributed by atoms with Crippen molar-refractivity contribution in [1.82, 2.24) is 10.1 Å². The number of hydrogen-bond acceptors (Lipinski definition) is 5. The van der Waals surface area contributed by atoms with Crippen LogP contribution in [0.1, 0.15) is 57.7 Å². The minimum absolute atomic E-state index is 0.0353. The second-order valence-corrected chi connectivity index (χ2v) is 7.20. The van der Waals surface area contributed by atoms with Gasteiger partial charge in [0.15, 0.2) is 5.82 Å². The monoisotopic (exact) mass is 426 g/mol. The lowest BCUT2D eigenvalue weighted by Crippen LogP contribution is -2.17. The number of aromatic nitrogens is 2. The molecule has 0 unspecified atom stereocenters. The summed E-state index contributed by atoms with van der Waals surface area (Å²) in [4.78, 5) is 27.0. The number of hydrogen-bond donors (Lipinski definition) is 2. The summed E-state index contributed by atoms with van der Waals surface area (Å²) in [5, 5.41) is 8.87. The van der Waals surface area contributed by atoms with E-state index in [9.17, 15) is 22.8 Å². The summed E-state index contributed by atoms with van der Waals surface area (Å²) in [7, 11) is 0. The first-order valence-corrected chi connectivity index (χ1v) is 9.75. The molecule has 2 amide bonds. The van der Waals surface area contributed by atoms with Gasteiger partial charge in [-0.3, -0.25) is 9.59 Å². The highest BCUT2D eigenvalue weighted by Gasteiger charge is 2.38. The van der Waals surface area contributed by atoms with E-state index in [-0.39, 0.29) is 23.6 Å². The Hall–Kier alpha value is -2.91. The molecule has 7 nitrogen and oxygen atoms in total. The van der Waals surface area contributed by atoms with Crippen molar-refractivity contribution in [1.29, 1.82) is 0 Å². The van der Waals surface area contributed by atoms with Crippen molar-refractivity contribution in [3.63, 3.8) is 0 Å². The Balaban J connectivity index is 1.61. The summed E-state index contributed by atoms with van der Waals surface area (Å²) in [5.41, 5.74) is 1.30. The molecule has 0 bridgehead atoms. The first kappa shape index (κ1) is 23.4. The Bertz CT molecular complexity index is 833. The predicted octanol–water partition coefficient (Wildman–Crippen LogP) is 4.81. The lowest BCUT2D eigenvalue weighted by atomic mass is 10.1. The zero-order valence-electron chi connectivity index (χ0n) is 16.9. The van der Waals surface area contributed by atoms with Crippen LogP contribution in [0.3, 0.4) is 0 Å². The zero-order valence-corrected chi connectivity index (χ0v) is 16.9. The smallest absolute Gasteiger partial charge is 0.329 e. The molecule has 0 aliphatic heterocycles. The molecule has 0 spiro atoms. The first-order valence-electron chi connectivity index (χ1n) is 9.75. The van der Waals surface area contributed by atoms with Gasteiger partial charge in [-0.15, -0.1) is 0 Å². The fraction of sp³-hybridized carbons (Fsp3) is 0.500. The van der Waals surface area contributed by atoms with Crippen LogP contribution in [0.15, 0.2) is 28.8 Å². The van der Waals surface area contributed by atoms with Crippen molar-refractivity contribution < 1.29 is 27.3 Å². The summed E-state index contributed by atoms with van der Waals surface area (Å²) < 4.78 is 41.3. The molecule has 0 saturated heterocycles. The number of nitrogens with zero attached hydrogens (tertiary/aromatic N) is 2. The second kappa shape index (κ2) is 10.7. The number of nitrogens with one attached hydrogen (secondary N) is 2. The average molecular weight is 426 g/mol. The molecule has 0 aliphatic carbocycles. The van der Waals surface area contributed by atoms with E-state index in [1.165, 1.54) is 0 Å². The fourth-order valence-corrected chi connectivity index (χ4v) is 2.54. The molecule has 164 valence electrons. The molecule has 2 N–H and O–H groups in total. The van der Waals surface area contributed by atoms with Gasteiger partial charge in [0.05, 0.1) is 0 Å². The van der Waals surface area contributed by atoms with Gasteiger partial charge < -0.3 is 15.2 Å². The van der Waals surface area contributed by atoms with Crippen molar-refractivity contribution in [3.8, 4) is 0 Å². The molecule has 30 heavy (non-hydrogen) atoms. The van der Waals surface area contributed by atoms with Gasteiger partial charge in [-0.25, -0.2) is 0 Å². The topological polar surface area (TPSA) is 97.1 Å². The van der Waals surface area contributed by atoms with Crippen LogP contribution in [0.5, 0.6) is 0 Å². The molecule has 1 aromatic carbocycles. The Labute approximate surface area is 172 Å². The summed E-state index contributed by atoms with van der Waals surface area (Å²) in [5.74, 6) is -1.61. The summed E-state index contributed by atoms with van der Waals surface area (Å²) >= 11 is 0. The van der Waals surface area contributed by atoms with E-state index in [1.807, 2.05) is 0 Å². The molecule has 0 saturated carbocycles. The van der Waals surface area contributed by atoms with Gasteiger partial charge >= 0.3 is 12.1 Å². The molecule has 10 heteroatoms. The summed E-state index contributed by atoms with van der Waals surface area (Å²) in [6.45, 7) is 3.61. The maximum Gasteiger partial charge on any atom is 0.471 e. The molecule has 1 heterocycles. The number of unbranched alkanes of at least 4 members (excludes halogenated alkanes) is 3. The van der Waals surface area contributed by atoms with Crippen LogP contribution in [0.4, 0.5) is 24.5 Å². The number of halogens is 3. The number of anilines is 2. The van der Waals surface area contributed by atoms with Gasteiger partial charge in [-0.1, -0.05) is 31.8 Å². The molecule has 0 aliphatic rings. The Morgan fingerprint density at radius 2 is 1.60 bits per heavy atom. The molecular formula is C20H25F3N4O3. The van der Waals surface area contributed by atoms with E-state index >= 15 is 0 Å². The number of benzene rings is 1. The average Bonchev–Trinajstić information content (AvgIpc) is 3.15. The number of carbonyl (C=O) groups excluding carboxylic acids is 2. The predicted molar refractivity (Wildman–Crippen MR) is 105 cm³/mol. The van der Waals surface area contributed by atoms with Gasteiger partial charge in [0, 0.05) is 30.1 Å². The standard InChI is InChI=1S/C20H25F3N4O3/c1-13(2)18(29)25-15-11-9-14(10-12-15)24-17(28)8-6-4-3-5-7-16-26-19(30-27-16)20(21,22)23/h9-13H,3-8H2,1-2H3,(H,24,28)(H,25,29). The highest BCUT2D eigenvalue weighted by molar-refractivity contribution is 5.93. The third-order valence-electron chi connectivity index (χ3n) is 4.23. The van der Waals surface area contributed by atoms with Crippen molar-refractivity contribution in [2.45, 2.75) is 58.5 Å². The number of carbonyl (C=O) groups is 2. The van der Waals surface area contributed by atoms with Crippen LogP contribution in [-0.2, 0) is 22.2 Å². The quantitative estimate of drug-likeness (QED) is 0.531. The molecule has 2 aromatic rings. The van der Waals surface area contributed by atoms with Crippen LogP contribution in [0.25, 0.3) is 0 Å². The normalized spacial score (nSPS) is 11.5. The highest BCUT2D eigenvalue weighted by Crippen LogP contribution is 2.27. The Kier molecular flexibility index (Phi) is 8.37. The van der Waals surface area contributed by atoms with E-state index in [4.69, 9.17) is 0 Å². The van der Waals surface area contributed by atoms with Gasteiger partial charge in [-0.05, 0) is 37.1 Å². The minimum atomic E-state index is -4.62. The van der Waals surface area contributed by atoms with Crippen molar-refractivity contribution >= 4 is 23.2 Å². The summed E-state index contributed by atoms with van der Waals surface area (Å²) in [6, 6.07) is 6.87. The van der Waals surface area contributed by atoms with Crippen LogP contribution >= 0.6 is 0 Å². The second-order valence-electron chi connectivity index (χ2n) is 7.20. The van der Waals surface area contributed by atoms with Gasteiger partial charge in [0.1, 0.15) is 0 Å². The lowest BCUT2D eigenvalue weighted by Gasteiger charge is -2.09. The molecule has 0 fully saturated rings. The van der Waals surface area contributed by atoms with Crippen LogP contribution in [-0.4, -0.2) is 22.0 Å². The molecule has 0 atom stereocenters. The number of aryl methyl sites for hydroxylation is 1. The summed E-state index contributed by atoms with van der Waals surface area (Å²) in [6.07, 6.45) is -1.21. The molecule has 2 rings (SSSR count). The third-order valence-corrected chi connectivity index (χ3v) is 4.23. The van der Waals surface area contributed by atoms with E-state index < -0.39 is 12.1 Å². The van der Waals surface area contributed by atoms with Crippen LogP contribution in [0.2, 0.25) is 0 Å². The third kappa shape index (κ3) is 7.84. The lowest BCUT2D eigenvalue weighted by molar-refractivity contribution is -0.159.